The molecule has 0 bridgehead atoms. The quantitative estimate of drug-likeness (QED) is 0.907. The molecule has 1 saturated heterocycles. The fourth-order valence-corrected chi connectivity index (χ4v) is 3.59. The molecular weight excluding hydrogens is 274 g/mol. The van der Waals surface area contributed by atoms with Crippen LogP contribution in [0.25, 0.3) is 0 Å². The van der Waals surface area contributed by atoms with Crippen LogP contribution in [0.15, 0.2) is 18.2 Å². The second kappa shape index (κ2) is 5.05. The number of aryl methyl sites for hydroxylation is 1. The van der Waals surface area contributed by atoms with Gasteiger partial charge in [-0.1, -0.05) is 36.9 Å². The number of Topliss-reactive ketones (excluding diaryl/α,β-unsaturated/α-hetero) is 1. The van der Waals surface area contributed by atoms with Crippen molar-refractivity contribution in [2.45, 2.75) is 31.4 Å². The molecule has 1 aromatic rings. The van der Waals surface area contributed by atoms with Crippen LogP contribution in [0.4, 0.5) is 4.79 Å². The van der Waals surface area contributed by atoms with Gasteiger partial charge in [0.2, 0.25) is 5.91 Å². The predicted octanol–water partition coefficient (Wildman–Crippen LogP) is 2.35. The Hall–Kier alpha value is -1.62. The van der Waals surface area contributed by atoms with E-state index in [0.29, 0.717) is 6.42 Å². The lowest BCUT2D eigenvalue weighted by Gasteiger charge is -2.21. The van der Waals surface area contributed by atoms with Crippen LogP contribution in [0.5, 0.6) is 0 Å². The number of ketones is 1. The van der Waals surface area contributed by atoms with Crippen LogP contribution in [0.1, 0.15) is 34.8 Å². The van der Waals surface area contributed by atoms with Gasteiger partial charge >= 0.3 is 0 Å². The topological polar surface area (TPSA) is 63.2 Å². The number of hydrogen-bond acceptors (Lipinski definition) is 4. The van der Waals surface area contributed by atoms with Crippen molar-refractivity contribution in [2.24, 2.45) is 5.92 Å². The first-order valence-corrected chi connectivity index (χ1v) is 7.60. The summed E-state index contributed by atoms with van der Waals surface area (Å²) >= 11 is 1.04. The van der Waals surface area contributed by atoms with Crippen molar-refractivity contribution in [2.75, 3.05) is 0 Å². The molecule has 1 N–H and O–H groups in total. The Morgan fingerprint density at radius 3 is 2.80 bits per heavy atom. The van der Waals surface area contributed by atoms with Gasteiger partial charge in [-0.25, -0.2) is 0 Å². The predicted molar refractivity (Wildman–Crippen MR) is 76.9 cm³/mol. The van der Waals surface area contributed by atoms with E-state index in [1.165, 1.54) is 0 Å². The Kier molecular flexibility index (Phi) is 3.38. The fourth-order valence-electron chi connectivity index (χ4n) is 2.73. The number of rotatable bonds is 2. The number of hydrogen-bond donors (Lipinski definition) is 1. The molecule has 104 valence electrons. The highest BCUT2D eigenvalue weighted by atomic mass is 32.2. The second-order valence-electron chi connectivity index (χ2n) is 5.38. The fraction of sp³-hybridized carbons (Fsp3) is 0.400. The van der Waals surface area contributed by atoms with Crippen molar-refractivity contribution < 1.29 is 14.4 Å². The Morgan fingerprint density at radius 2 is 2.10 bits per heavy atom. The number of fused-ring (bicyclic) bond motifs is 1. The van der Waals surface area contributed by atoms with E-state index in [4.69, 9.17) is 0 Å². The lowest BCUT2D eigenvalue weighted by atomic mass is 9.83. The highest BCUT2D eigenvalue weighted by molar-refractivity contribution is 8.15. The molecule has 20 heavy (non-hydrogen) atoms. The van der Waals surface area contributed by atoms with Crippen LogP contribution in [-0.4, -0.2) is 22.2 Å². The van der Waals surface area contributed by atoms with E-state index in [2.05, 4.69) is 5.32 Å². The zero-order chi connectivity index (χ0) is 14.3. The maximum absolute atomic E-state index is 12.1. The van der Waals surface area contributed by atoms with Crippen molar-refractivity contribution in [1.82, 2.24) is 5.32 Å². The van der Waals surface area contributed by atoms with Crippen LogP contribution in [-0.2, 0) is 17.6 Å². The molecule has 0 saturated carbocycles. The number of thioether (sulfide) groups is 1. The summed E-state index contributed by atoms with van der Waals surface area (Å²) in [5.74, 6) is 0.0884. The standard InChI is InChI=1S/C15H15NO3S/c1-8-2-4-10-6-9(3-5-11(10)13(8)17)7-12-14(18)16-15(19)20-12/h3,5-6,8,12H,2,4,7H2,1H3,(H,16,18,19). The van der Waals surface area contributed by atoms with Crippen LogP contribution < -0.4 is 5.32 Å². The Morgan fingerprint density at radius 1 is 1.30 bits per heavy atom. The van der Waals surface area contributed by atoms with Gasteiger partial charge in [-0.05, 0) is 30.4 Å². The SMILES string of the molecule is CC1CCc2cc(CC3SC(=O)NC3=O)ccc2C1=O. The molecule has 1 aliphatic carbocycles. The third-order valence-corrected chi connectivity index (χ3v) is 4.90. The van der Waals surface area contributed by atoms with E-state index in [0.717, 1.165) is 41.3 Å². The molecule has 4 nitrogen and oxygen atoms in total. The van der Waals surface area contributed by atoms with E-state index in [1.54, 1.807) is 0 Å². The summed E-state index contributed by atoms with van der Waals surface area (Å²) in [6.07, 6.45) is 2.31. The van der Waals surface area contributed by atoms with Gasteiger partial charge in [-0.3, -0.25) is 19.7 Å². The van der Waals surface area contributed by atoms with Crippen LogP contribution in [0.2, 0.25) is 0 Å². The number of nitrogens with one attached hydrogen (secondary N) is 1. The van der Waals surface area contributed by atoms with Gasteiger partial charge in [0.15, 0.2) is 5.78 Å². The Bertz CT molecular complexity index is 611. The van der Waals surface area contributed by atoms with E-state index in [-0.39, 0.29) is 28.1 Å². The molecule has 2 unspecified atom stereocenters. The van der Waals surface area contributed by atoms with E-state index in [9.17, 15) is 14.4 Å². The zero-order valence-electron chi connectivity index (χ0n) is 11.1. The summed E-state index contributed by atoms with van der Waals surface area (Å²) in [6.45, 7) is 1.96. The Labute approximate surface area is 121 Å². The van der Waals surface area contributed by atoms with Gasteiger partial charge < -0.3 is 0 Å². The monoisotopic (exact) mass is 289 g/mol. The van der Waals surface area contributed by atoms with Gasteiger partial charge in [-0.15, -0.1) is 0 Å². The van der Waals surface area contributed by atoms with Crippen LogP contribution >= 0.6 is 11.8 Å². The number of carbonyl (C=O) groups is 3. The van der Waals surface area contributed by atoms with E-state index >= 15 is 0 Å². The summed E-state index contributed by atoms with van der Waals surface area (Å²) in [5, 5.41) is 1.67. The first-order valence-electron chi connectivity index (χ1n) is 6.72. The summed E-state index contributed by atoms with van der Waals surface area (Å²) in [7, 11) is 0. The molecule has 0 spiro atoms. The third kappa shape index (κ3) is 2.38. The molecule has 0 radical (unpaired) electrons. The molecule has 3 rings (SSSR count). The third-order valence-electron chi connectivity index (χ3n) is 3.92. The van der Waals surface area contributed by atoms with Crippen molar-refractivity contribution in [3.05, 3.63) is 34.9 Å². The average Bonchev–Trinajstić information content (AvgIpc) is 2.72. The highest BCUT2D eigenvalue weighted by Crippen LogP contribution is 2.28. The van der Waals surface area contributed by atoms with Crippen molar-refractivity contribution >= 4 is 28.7 Å². The number of benzene rings is 1. The number of imide groups is 1. The summed E-state index contributed by atoms with van der Waals surface area (Å²) in [4.78, 5) is 34.8. The summed E-state index contributed by atoms with van der Waals surface area (Å²) < 4.78 is 0. The smallest absolute Gasteiger partial charge is 0.286 e. The Balaban J connectivity index is 1.81. The molecule has 0 aromatic heterocycles. The van der Waals surface area contributed by atoms with Gasteiger partial charge in [0, 0.05) is 11.5 Å². The normalized spacial score (nSPS) is 25.6. The number of amides is 2. The van der Waals surface area contributed by atoms with Crippen LogP contribution in [0, 0.1) is 5.92 Å². The molecule has 1 heterocycles. The zero-order valence-corrected chi connectivity index (χ0v) is 12.0. The van der Waals surface area contributed by atoms with Gasteiger partial charge in [0.1, 0.15) is 0 Å². The van der Waals surface area contributed by atoms with E-state index in [1.807, 2.05) is 25.1 Å². The molecule has 2 aliphatic rings. The van der Waals surface area contributed by atoms with Gasteiger partial charge in [0.05, 0.1) is 5.25 Å². The molecule has 5 heteroatoms. The highest BCUT2D eigenvalue weighted by Gasteiger charge is 2.32. The largest absolute Gasteiger partial charge is 0.294 e. The second-order valence-corrected chi connectivity index (χ2v) is 6.56. The summed E-state index contributed by atoms with van der Waals surface area (Å²) in [5.41, 5.74) is 2.89. The molecule has 1 fully saturated rings. The average molecular weight is 289 g/mol. The van der Waals surface area contributed by atoms with Crippen molar-refractivity contribution in [3.63, 3.8) is 0 Å². The molecule has 2 atom stereocenters. The van der Waals surface area contributed by atoms with Crippen LogP contribution in [0.3, 0.4) is 0 Å². The molecule has 2 amide bonds. The molecule has 1 aromatic carbocycles. The minimum absolute atomic E-state index is 0.0992. The maximum Gasteiger partial charge on any atom is 0.286 e. The minimum Gasteiger partial charge on any atom is -0.294 e. The summed E-state index contributed by atoms with van der Waals surface area (Å²) in [6, 6.07) is 5.77. The first-order chi connectivity index (χ1) is 9.54. The lowest BCUT2D eigenvalue weighted by Crippen LogP contribution is -2.25. The van der Waals surface area contributed by atoms with Gasteiger partial charge in [0.25, 0.3) is 5.24 Å². The molecule has 1 aliphatic heterocycles. The van der Waals surface area contributed by atoms with Crippen molar-refractivity contribution in [1.29, 1.82) is 0 Å². The minimum atomic E-state index is -0.348. The number of carbonyl (C=O) groups excluding carboxylic acids is 3. The lowest BCUT2D eigenvalue weighted by molar-refractivity contribution is -0.118. The molecular formula is C15H15NO3S. The van der Waals surface area contributed by atoms with E-state index < -0.39 is 0 Å². The van der Waals surface area contributed by atoms with Gasteiger partial charge in [-0.2, -0.15) is 0 Å². The first kappa shape index (κ1) is 13.4. The maximum atomic E-state index is 12.1. The van der Waals surface area contributed by atoms with Crippen molar-refractivity contribution in [3.8, 4) is 0 Å².